The van der Waals surface area contributed by atoms with E-state index >= 15 is 0 Å². The van der Waals surface area contributed by atoms with Gasteiger partial charge in [0, 0.05) is 29.2 Å². The molecule has 2 aromatic rings. The lowest BCUT2D eigenvalue weighted by atomic mass is 10.1. The largest absolute Gasteiger partial charge is 0.347 e. The number of rotatable bonds is 2. The van der Waals surface area contributed by atoms with Crippen LogP contribution in [-0.2, 0) is 11.8 Å². The number of hydrogen-bond donors (Lipinski definition) is 0. The summed E-state index contributed by atoms with van der Waals surface area (Å²) in [6, 6.07) is 8.20. The minimum absolute atomic E-state index is 0.807. The molecule has 0 saturated carbocycles. The molecule has 0 saturated heterocycles. The summed E-state index contributed by atoms with van der Waals surface area (Å²) in [5, 5.41) is 1.19. The highest BCUT2D eigenvalue weighted by Gasteiger charge is 2.07. The first-order chi connectivity index (χ1) is 7.25. The first-order valence-corrected chi connectivity index (χ1v) is 4.91. The molecule has 0 spiro atoms. The van der Waals surface area contributed by atoms with Gasteiger partial charge < -0.3 is 4.57 Å². The van der Waals surface area contributed by atoms with Crippen LogP contribution in [0.4, 0.5) is 0 Å². The van der Waals surface area contributed by atoms with Gasteiger partial charge in [-0.05, 0) is 25.1 Å². The third kappa shape index (κ3) is 1.48. The van der Waals surface area contributed by atoms with E-state index in [4.69, 9.17) is 0 Å². The van der Waals surface area contributed by atoms with Crippen molar-refractivity contribution in [2.75, 3.05) is 0 Å². The zero-order valence-corrected chi connectivity index (χ0v) is 8.90. The van der Waals surface area contributed by atoms with Gasteiger partial charge >= 0.3 is 0 Å². The molecule has 2 heteroatoms. The highest BCUT2D eigenvalue weighted by Crippen LogP contribution is 2.25. The first kappa shape index (κ1) is 9.71. The van der Waals surface area contributed by atoms with Crippen LogP contribution in [0.1, 0.15) is 11.3 Å². The van der Waals surface area contributed by atoms with E-state index in [-0.39, 0.29) is 0 Å². The maximum absolute atomic E-state index is 10.3. The number of fused-ring (bicyclic) bond motifs is 1. The molecule has 0 unspecified atom stereocenters. The number of hydrogen-bond acceptors (Lipinski definition) is 1. The van der Waals surface area contributed by atoms with E-state index in [9.17, 15) is 4.79 Å². The summed E-state index contributed by atoms with van der Waals surface area (Å²) in [6.45, 7) is 2.06. The lowest BCUT2D eigenvalue weighted by Gasteiger charge is -1.97. The number of aryl methyl sites for hydroxylation is 1. The second-order valence-electron chi connectivity index (χ2n) is 3.57. The molecule has 0 radical (unpaired) electrons. The van der Waals surface area contributed by atoms with Crippen molar-refractivity contribution in [3.05, 3.63) is 41.6 Å². The Labute approximate surface area is 88.8 Å². The van der Waals surface area contributed by atoms with Gasteiger partial charge in [-0.2, -0.15) is 0 Å². The van der Waals surface area contributed by atoms with Gasteiger partial charge in [-0.3, -0.25) is 4.79 Å². The first-order valence-electron chi connectivity index (χ1n) is 4.91. The molecular weight excluding hydrogens is 186 g/mol. The van der Waals surface area contributed by atoms with Gasteiger partial charge in [0.25, 0.3) is 0 Å². The van der Waals surface area contributed by atoms with Crippen LogP contribution in [0, 0.1) is 6.92 Å². The minimum atomic E-state index is 0.807. The molecule has 0 aliphatic rings. The molecule has 15 heavy (non-hydrogen) atoms. The van der Waals surface area contributed by atoms with Crippen LogP contribution >= 0.6 is 0 Å². The van der Waals surface area contributed by atoms with E-state index in [1.54, 1.807) is 0 Å². The van der Waals surface area contributed by atoms with Crippen molar-refractivity contribution in [3.63, 3.8) is 0 Å². The Morgan fingerprint density at radius 3 is 2.73 bits per heavy atom. The summed E-state index contributed by atoms with van der Waals surface area (Å²) < 4.78 is 2.14. The van der Waals surface area contributed by atoms with Crippen molar-refractivity contribution in [2.45, 2.75) is 6.92 Å². The predicted molar refractivity (Wildman–Crippen MR) is 62.8 cm³/mol. The maximum atomic E-state index is 10.3. The second-order valence-corrected chi connectivity index (χ2v) is 3.57. The van der Waals surface area contributed by atoms with Crippen LogP contribution in [0.5, 0.6) is 0 Å². The third-order valence-corrected chi connectivity index (χ3v) is 2.79. The predicted octanol–water partition coefficient (Wildman–Crippen LogP) is 2.70. The Morgan fingerprint density at radius 2 is 2.00 bits per heavy atom. The number of carbonyl (C=O) groups excluding carboxylic acids is 1. The van der Waals surface area contributed by atoms with Crippen molar-refractivity contribution < 1.29 is 4.79 Å². The van der Waals surface area contributed by atoms with Crippen LogP contribution < -0.4 is 0 Å². The topological polar surface area (TPSA) is 22.0 Å². The van der Waals surface area contributed by atoms with Crippen LogP contribution in [0.25, 0.3) is 17.0 Å². The average Bonchev–Trinajstić information content (AvgIpc) is 2.51. The number of carbonyl (C=O) groups is 1. The summed E-state index contributed by atoms with van der Waals surface area (Å²) in [7, 11) is 2.04. The Bertz CT molecular complexity index is 535. The van der Waals surface area contributed by atoms with Gasteiger partial charge in [0.05, 0.1) is 0 Å². The molecule has 2 rings (SSSR count). The van der Waals surface area contributed by atoms with Crippen LogP contribution in [0.15, 0.2) is 30.3 Å². The van der Waals surface area contributed by atoms with Crippen molar-refractivity contribution >= 4 is 23.3 Å². The zero-order valence-electron chi connectivity index (χ0n) is 8.90. The lowest BCUT2D eigenvalue weighted by molar-refractivity contribution is -0.104. The Hall–Kier alpha value is -1.83. The fourth-order valence-corrected chi connectivity index (χ4v) is 1.90. The Morgan fingerprint density at radius 1 is 1.27 bits per heavy atom. The van der Waals surface area contributed by atoms with Crippen molar-refractivity contribution in [2.24, 2.45) is 7.05 Å². The zero-order chi connectivity index (χ0) is 10.8. The van der Waals surface area contributed by atoms with E-state index in [1.807, 2.05) is 25.3 Å². The quantitative estimate of drug-likeness (QED) is 0.538. The van der Waals surface area contributed by atoms with Gasteiger partial charge in [-0.1, -0.05) is 18.2 Å². The van der Waals surface area contributed by atoms with E-state index in [2.05, 4.69) is 23.6 Å². The summed E-state index contributed by atoms with van der Waals surface area (Å²) in [5.74, 6) is 0. The molecule has 0 atom stereocenters. The summed E-state index contributed by atoms with van der Waals surface area (Å²) in [5.41, 5.74) is 3.50. The number of aromatic nitrogens is 1. The second kappa shape index (κ2) is 3.73. The number of allylic oxidation sites excluding steroid dienone is 1. The molecule has 0 aliphatic carbocycles. The minimum Gasteiger partial charge on any atom is -0.347 e. The van der Waals surface area contributed by atoms with E-state index < -0.39 is 0 Å². The molecule has 76 valence electrons. The normalized spacial score (nSPS) is 11.3. The fourth-order valence-electron chi connectivity index (χ4n) is 1.90. The highest BCUT2D eigenvalue weighted by atomic mass is 16.1. The van der Waals surface area contributed by atoms with Crippen molar-refractivity contribution in [1.82, 2.24) is 4.57 Å². The number of benzene rings is 1. The smallest absolute Gasteiger partial charge is 0.142 e. The number of aldehydes is 1. The SMILES string of the molecule is Cc1c(C=CC=O)c2ccccc2n1C. The van der Waals surface area contributed by atoms with Crippen LogP contribution in [0.3, 0.4) is 0 Å². The lowest BCUT2D eigenvalue weighted by Crippen LogP contribution is -1.89. The molecule has 1 aromatic heterocycles. The Kier molecular flexibility index (Phi) is 2.42. The van der Waals surface area contributed by atoms with Crippen molar-refractivity contribution in [1.29, 1.82) is 0 Å². The molecule has 1 aromatic carbocycles. The molecule has 1 heterocycles. The van der Waals surface area contributed by atoms with Crippen LogP contribution in [0.2, 0.25) is 0 Å². The van der Waals surface area contributed by atoms with Gasteiger partial charge in [-0.15, -0.1) is 0 Å². The van der Waals surface area contributed by atoms with Gasteiger partial charge in [0.15, 0.2) is 0 Å². The molecule has 2 nitrogen and oxygen atoms in total. The van der Waals surface area contributed by atoms with Gasteiger partial charge in [-0.25, -0.2) is 0 Å². The van der Waals surface area contributed by atoms with E-state index in [0.29, 0.717) is 0 Å². The van der Waals surface area contributed by atoms with E-state index in [0.717, 1.165) is 11.8 Å². The molecule has 0 bridgehead atoms. The molecule has 0 N–H and O–H groups in total. The average molecular weight is 199 g/mol. The highest BCUT2D eigenvalue weighted by molar-refractivity contribution is 5.93. The van der Waals surface area contributed by atoms with Gasteiger partial charge in [0.2, 0.25) is 0 Å². The molecular formula is C13H13NO. The fraction of sp³-hybridized carbons (Fsp3) is 0.154. The van der Waals surface area contributed by atoms with Crippen LogP contribution in [-0.4, -0.2) is 10.9 Å². The standard InChI is InChI=1S/C13H13NO/c1-10-11(7-5-9-15)12-6-3-4-8-13(12)14(10)2/h3-9H,1-2H3. The summed E-state index contributed by atoms with van der Waals surface area (Å²) >= 11 is 0. The summed E-state index contributed by atoms with van der Waals surface area (Å²) in [4.78, 5) is 10.3. The third-order valence-electron chi connectivity index (χ3n) is 2.79. The maximum Gasteiger partial charge on any atom is 0.142 e. The summed E-state index contributed by atoms with van der Waals surface area (Å²) in [6.07, 6.45) is 4.21. The van der Waals surface area contributed by atoms with Gasteiger partial charge in [0.1, 0.15) is 6.29 Å². The monoisotopic (exact) mass is 199 g/mol. The van der Waals surface area contributed by atoms with Crippen molar-refractivity contribution in [3.8, 4) is 0 Å². The Balaban J connectivity index is 2.77. The van der Waals surface area contributed by atoms with E-state index in [1.165, 1.54) is 22.7 Å². The molecule has 0 fully saturated rings. The number of nitrogens with zero attached hydrogens (tertiary/aromatic N) is 1. The molecule has 0 amide bonds. The number of para-hydroxylation sites is 1. The molecule has 0 aliphatic heterocycles.